The molecule has 0 unspecified atom stereocenters. The van der Waals surface area contributed by atoms with Crippen molar-refractivity contribution in [1.82, 2.24) is 0 Å². The molecule has 0 saturated carbocycles. The largest absolute Gasteiger partial charge is 0.508 e. The molecular formula is C15H16O3. The molecule has 1 aromatic rings. The van der Waals surface area contributed by atoms with E-state index in [4.69, 9.17) is 4.74 Å². The number of benzene rings is 1. The van der Waals surface area contributed by atoms with Crippen LogP contribution in [0.25, 0.3) is 0 Å². The predicted octanol–water partition coefficient (Wildman–Crippen LogP) is 2.73. The maximum Gasteiger partial charge on any atom is 0.334 e. The first-order chi connectivity index (χ1) is 8.50. The molecule has 2 aliphatic rings. The molecule has 1 fully saturated rings. The molecular weight excluding hydrogens is 228 g/mol. The Kier molecular flexibility index (Phi) is 2.27. The number of hydrogen-bond acceptors (Lipinski definition) is 3. The van der Waals surface area contributed by atoms with Crippen LogP contribution in [0.4, 0.5) is 0 Å². The van der Waals surface area contributed by atoms with Crippen LogP contribution < -0.4 is 0 Å². The maximum atomic E-state index is 11.6. The average Bonchev–Trinajstić information content (AvgIpc) is 2.62. The molecule has 0 radical (unpaired) electrons. The lowest BCUT2D eigenvalue weighted by molar-refractivity contribution is -0.139. The fourth-order valence-electron chi connectivity index (χ4n) is 3.19. The number of esters is 1. The van der Waals surface area contributed by atoms with Gasteiger partial charge >= 0.3 is 5.97 Å². The van der Waals surface area contributed by atoms with Crippen molar-refractivity contribution in [2.75, 3.05) is 0 Å². The first-order valence-electron chi connectivity index (χ1n) is 6.22. The van der Waals surface area contributed by atoms with Crippen LogP contribution in [-0.2, 0) is 16.0 Å². The lowest BCUT2D eigenvalue weighted by atomic mass is 9.76. The van der Waals surface area contributed by atoms with E-state index in [2.05, 4.69) is 6.58 Å². The van der Waals surface area contributed by atoms with Crippen molar-refractivity contribution in [3.05, 3.63) is 40.5 Å². The number of fused-ring (bicyclic) bond motifs is 3. The number of carbonyl (C=O) groups excluding carboxylic acids is 1. The van der Waals surface area contributed by atoms with E-state index in [1.165, 1.54) is 5.56 Å². The van der Waals surface area contributed by atoms with E-state index in [0.29, 0.717) is 5.57 Å². The molecule has 18 heavy (non-hydrogen) atoms. The van der Waals surface area contributed by atoms with Crippen LogP contribution in [-0.4, -0.2) is 11.1 Å². The Hall–Kier alpha value is -1.77. The molecule has 1 aromatic carbocycles. The SMILES string of the molecule is C=C1C(=O)O[C@H]2c3c(C)c(O)cc(C)c3CC[C@@H]12. The second kappa shape index (κ2) is 3.61. The van der Waals surface area contributed by atoms with Crippen molar-refractivity contribution < 1.29 is 14.6 Å². The minimum atomic E-state index is -0.293. The Balaban J connectivity index is 2.21. The van der Waals surface area contributed by atoms with Gasteiger partial charge in [0.2, 0.25) is 0 Å². The molecule has 94 valence electrons. The van der Waals surface area contributed by atoms with Crippen molar-refractivity contribution in [2.24, 2.45) is 5.92 Å². The average molecular weight is 244 g/mol. The lowest BCUT2D eigenvalue weighted by Crippen LogP contribution is -2.19. The van der Waals surface area contributed by atoms with Gasteiger partial charge in [0.25, 0.3) is 0 Å². The van der Waals surface area contributed by atoms with Crippen LogP contribution in [0.15, 0.2) is 18.2 Å². The van der Waals surface area contributed by atoms with Gasteiger partial charge in [-0.05, 0) is 49.4 Å². The van der Waals surface area contributed by atoms with Gasteiger partial charge in [0.1, 0.15) is 11.9 Å². The van der Waals surface area contributed by atoms with Gasteiger partial charge in [0.15, 0.2) is 0 Å². The standard InChI is InChI=1S/C15H16O3/c1-7-6-12(16)9(3)13-10(7)4-5-11-8(2)15(17)18-14(11)13/h6,11,14,16H,2,4-5H2,1,3H3/t11-,14+/m0/s1. The first kappa shape index (κ1) is 11.3. The highest BCUT2D eigenvalue weighted by atomic mass is 16.6. The van der Waals surface area contributed by atoms with E-state index in [9.17, 15) is 9.90 Å². The van der Waals surface area contributed by atoms with E-state index < -0.39 is 0 Å². The molecule has 3 nitrogen and oxygen atoms in total. The lowest BCUT2D eigenvalue weighted by Gasteiger charge is -2.29. The zero-order valence-electron chi connectivity index (χ0n) is 10.6. The number of aryl methyl sites for hydroxylation is 1. The first-order valence-corrected chi connectivity index (χ1v) is 6.22. The van der Waals surface area contributed by atoms with Crippen LogP contribution in [0, 0.1) is 19.8 Å². The van der Waals surface area contributed by atoms with E-state index in [1.54, 1.807) is 6.07 Å². The quantitative estimate of drug-likeness (QED) is 0.564. The zero-order valence-corrected chi connectivity index (χ0v) is 10.6. The van der Waals surface area contributed by atoms with Gasteiger partial charge in [-0.3, -0.25) is 0 Å². The molecule has 1 saturated heterocycles. The van der Waals surface area contributed by atoms with Gasteiger partial charge in [0.05, 0.1) is 0 Å². The predicted molar refractivity (Wildman–Crippen MR) is 67.4 cm³/mol. The van der Waals surface area contributed by atoms with E-state index in [0.717, 1.165) is 29.5 Å². The van der Waals surface area contributed by atoms with Crippen LogP contribution in [0.3, 0.4) is 0 Å². The summed E-state index contributed by atoms with van der Waals surface area (Å²) in [6.45, 7) is 7.70. The monoisotopic (exact) mass is 244 g/mol. The molecule has 3 heteroatoms. The summed E-state index contributed by atoms with van der Waals surface area (Å²) in [4.78, 5) is 11.6. The number of carbonyl (C=O) groups is 1. The minimum Gasteiger partial charge on any atom is -0.508 e. The number of ether oxygens (including phenoxy) is 1. The fourth-order valence-corrected chi connectivity index (χ4v) is 3.19. The van der Waals surface area contributed by atoms with E-state index in [1.807, 2.05) is 13.8 Å². The Morgan fingerprint density at radius 2 is 2.17 bits per heavy atom. The third-order valence-electron chi connectivity index (χ3n) is 4.24. The summed E-state index contributed by atoms with van der Waals surface area (Å²) < 4.78 is 5.45. The molecule has 1 aliphatic carbocycles. The van der Waals surface area contributed by atoms with Crippen LogP contribution in [0.1, 0.15) is 34.8 Å². The minimum absolute atomic E-state index is 0.0740. The van der Waals surface area contributed by atoms with Gasteiger partial charge in [-0.1, -0.05) is 6.58 Å². The second-order valence-corrected chi connectivity index (χ2v) is 5.23. The highest BCUT2D eigenvalue weighted by molar-refractivity contribution is 5.91. The Morgan fingerprint density at radius 3 is 2.89 bits per heavy atom. The van der Waals surface area contributed by atoms with E-state index in [-0.39, 0.29) is 23.7 Å². The third-order valence-corrected chi connectivity index (χ3v) is 4.24. The van der Waals surface area contributed by atoms with Crippen LogP contribution in [0.2, 0.25) is 0 Å². The molecule has 1 N–H and O–H groups in total. The zero-order chi connectivity index (χ0) is 13.0. The van der Waals surface area contributed by atoms with Crippen LogP contribution in [0.5, 0.6) is 5.75 Å². The van der Waals surface area contributed by atoms with Crippen molar-refractivity contribution in [2.45, 2.75) is 32.8 Å². The van der Waals surface area contributed by atoms with Crippen molar-refractivity contribution >= 4 is 5.97 Å². The summed E-state index contributed by atoms with van der Waals surface area (Å²) in [5.74, 6) is 0.0589. The highest BCUT2D eigenvalue weighted by Gasteiger charge is 2.44. The van der Waals surface area contributed by atoms with Crippen molar-refractivity contribution in [3.63, 3.8) is 0 Å². The van der Waals surface area contributed by atoms with Gasteiger partial charge in [-0.15, -0.1) is 0 Å². The second-order valence-electron chi connectivity index (χ2n) is 5.23. The van der Waals surface area contributed by atoms with Crippen molar-refractivity contribution in [1.29, 1.82) is 0 Å². The Labute approximate surface area is 106 Å². The van der Waals surface area contributed by atoms with E-state index >= 15 is 0 Å². The molecule has 3 rings (SSSR count). The van der Waals surface area contributed by atoms with Gasteiger partial charge in [-0.25, -0.2) is 4.79 Å². The van der Waals surface area contributed by atoms with Crippen molar-refractivity contribution in [3.8, 4) is 5.75 Å². The summed E-state index contributed by atoms with van der Waals surface area (Å²) in [6.07, 6.45) is 1.56. The third kappa shape index (κ3) is 1.33. The smallest absolute Gasteiger partial charge is 0.334 e. The number of rotatable bonds is 0. The normalized spacial score (nSPS) is 25.7. The highest BCUT2D eigenvalue weighted by Crippen LogP contribution is 2.48. The molecule has 2 atom stereocenters. The van der Waals surface area contributed by atoms with Crippen LogP contribution >= 0.6 is 0 Å². The maximum absolute atomic E-state index is 11.6. The topological polar surface area (TPSA) is 46.5 Å². The van der Waals surface area contributed by atoms with Gasteiger partial charge in [0, 0.05) is 17.1 Å². The Morgan fingerprint density at radius 1 is 1.44 bits per heavy atom. The fraction of sp³-hybridized carbons (Fsp3) is 0.400. The number of aromatic hydroxyl groups is 1. The molecule has 0 spiro atoms. The number of hydrogen-bond donors (Lipinski definition) is 1. The Bertz CT molecular complexity index is 572. The summed E-state index contributed by atoms with van der Waals surface area (Å²) in [5.41, 5.74) is 4.68. The van der Waals surface area contributed by atoms with Gasteiger partial charge < -0.3 is 9.84 Å². The van der Waals surface area contributed by atoms with Gasteiger partial charge in [-0.2, -0.15) is 0 Å². The summed E-state index contributed by atoms with van der Waals surface area (Å²) in [5, 5.41) is 9.94. The summed E-state index contributed by atoms with van der Waals surface area (Å²) in [6, 6.07) is 1.79. The molecule has 1 aliphatic heterocycles. The number of phenols is 1. The molecule has 0 amide bonds. The molecule has 1 heterocycles. The molecule has 0 aromatic heterocycles. The number of phenolic OH excluding ortho intramolecular Hbond substituents is 1. The summed E-state index contributed by atoms with van der Waals surface area (Å²) >= 11 is 0. The summed E-state index contributed by atoms with van der Waals surface area (Å²) in [7, 11) is 0. The molecule has 0 bridgehead atoms.